The van der Waals surface area contributed by atoms with Crippen LogP contribution in [0.5, 0.6) is 0 Å². The molecule has 0 saturated carbocycles. The van der Waals surface area contributed by atoms with Gasteiger partial charge in [0.1, 0.15) is 6.04 Å². The molecule has 1 aliphatic rings. The minimum Gasteiger partial charge on any atom is -0.398 e. The van der Waals surface area contributed by atoms with Crippen molar-refractivity contribution in [1.82, 2.24) is 4.90 Å². The predicted octanol–water partition coefficient (Wildman–Crippen LogP) is 0.358. The summed E-state index contributed by atoms with van der Waals surface area (Å²) < 4.78 is 5.82. The lowest BCUT2D eigenvalue weighted by Gasteiger charge is -2.33. The zero-order chi connectivity index (χ0) is 14.0. The van der Waals surface area contributed by atoms with Gasteiger partial charge in [-0.15, -0.1) is 0 Å². The van der Waals surface area contributed by atoms with E-state index in [1.54, 1.807) is 18.2 Å². The molecule has 1 atom stereocenters. The summed E-state index contributed by atoms with van der Waals surface area (Å²) in [6, 6.07) is 4.16. The number of nitrogen functional groups attached to an aromatic ring is 1. The maximum absolute atomic E-state index is 12.4. The third-order valence-electron chi connectivity index (χ3n) is 2.97. The molecule has 1 aromatic carbocycles. The van der Waals surface area contributed by atoms with Crippen LogP contribution in [0.1, 0.15) is 10.4 Å². The van der Waals surface area contributed by atoms with Crippen LogP contribution in [0.2, 0.25) is 0 Å². The van der Waals surface area contributed by atoms with E-state index in [2.05, 4.69) is 15.9 Å². The molecule has 19 heavy (non-hydrogen) atoms. The Labute approximate surface area is 118 Å². The number of ether oxygens (including phenoxy) is 1. The smallest absolute Gasteiger partial charge is 0.254 e. The molecule has 7 heteroatoms. The molecule has 1 aromatic rings. The first-order chi connectivity index (χ1) is 9.00. The second-order valence-electron chi connectivity index (χ2n) is 4.23. The van der Waals surface area contributed by atoms with Crippen molar-refractivity contribution < 1.29 is 14.3 Å². The lowest BCUT2D eigenvalue weighted by atomic mass is 10.1. The second kappa shape index (κ2) is 5.58. The van der Waals surface area contributed by atoms with E-state index in [4.69, 9.17) is 16.2 Å². The monoisotopic (exact) mass is 327 g/mol. The van der Waals surface area contributed by atoms with E-state index in [1.807, 2.05) is 0 Å². The fraction of sp³-hybridized carbons (Fsp3) is 0.333. The molecule has 0 aromatic heterocycles. The number of carbonyl (C=O) groups is 2. The number of hydrogen-bond donors (Lipinski definition) is 2. The van der Waals surface area contributed by atoms with Crippen molar-refractivity contribution in [1.29, 1.82) is 0 Å². The van der Waals surface area contributed by atoms with Gasteiger partial charge in [0, 0.05) is 22.3 Å². The van der Waals surface area contributed by atoms with E-state index < -0.39 is 11.9 Å². The molecule has 1 aliphatic heterocycles. The highest BCUT2D eigenvalue weighted by Gasteiger charge is 2.31. The van der Waals surface area contributed by atoms with Crippen molar-refractivity contribution in [3.05, 3.63) is 28.2 Å². The zero-order valence-electron chi connectivity index (χ0n) is 10.1. The Balaban J connectivity index is 2.26. The summed E-state index contributed by atoms with van der Waals surface area (Å²) >= 11 is 3.27. The quantitative estimate of drug-likeness (QED) is 0.766. The summed E-state index contributed by atoms with van der Waals surface area (Å²) in [5.74, 6) is -0.824. The van der Waals surface area contributed by atoms with Gasteiger partial charge in [0.2, 0.25) is 5.91 Å². The Morgan fingerprint density at radius 3 is 2.79 bits per heavy atom. The third kappa shape index (κ3) is 2.87. The molecule has 0 bridgehead atoms. The lowest BCUT2D eigenvalue weighted by molar-refractivity contribution is -0.127. The Morgan fingerprint density at radius 1 is 1.42 bits per heavy atom. The molecule has 0 aliphatic carbocycles. The fourth-order valence-corrected chi connectivity index (χ4v) is 2.29. The van der Waals surface area contributed by atoms with Crippen LogP contribution in [0.4, 0.5) is 5.69 Å². The summed E-state index contributed by atoms with van der Waals surface area (Å²) in [7, 11) is 0. The maximum atomic E-state index is 12.4. The third-order valence-corrected chi connectivity index (χ3v) is 3.65. The number of carbonyl (C=O) groups excluding carboxylic acids is 2. The van der Waals surface area contributed by atoms with E-state index >= 15 is 0 Å². The molecular weight excluding hydrogens is 314 g/mol. The van der Waals surface area contributed by atoms with Gasteiger partial charge in [-0.3, -0.25) is 9.59 Å². The fourth-order valence-electron chi connectivity index (χ4n) is 1.91. The number of morpholine rings is 1. The van der Waals surface area contributed by atoms with Crippen LogP contribution in [-0.2, 0) is 9.53 Å². The summed E-state index contributed by atoms with van der Waals surface area (Å²) in [5, 5.41) is 0. The molecule has 0 spiro atoms. The van der Waals surface area contributed by atoms with Crippen LogP contribution in [-0.4, -0.2) is 42.5 Å². The topological polar surface area (TPSA) is 98.7 Å². The van der Waals surface area contributed by atoms with Gasteiger partial charge in [0.25, 0.3) is 5.91 Å². The molecule has 102 valence electrons. The Morgan fingerprint density at radius 2 is 2.16 bits per heavy atom. The van der Waals surface area contributed by atoms with Gasteiger partial charge >= 0.3 is 0 Å². The first-order valence-corrected chi connectivity index (χ1v) is 6.53. The van der Waals surface area contributed by atoms with Crippen molar-refractivity contribution >= 4 is 33.4 Å². The number of benzene rings is 1. The van der Waals surface area contributed by atoms with Crippen molar-refractivity contribution in [3.63, 3.8) is 0 Å². The minimum atomic E-state index is -0.724. The number of nitrogens with two attached hydrogens (primary N) is 2. The Bertz CT molecular complexity index is 521. The highest BCUT2D eigenvalue weighted by atomic mass is 79.9. The average molecular weight is 328 g/mol. The SMILES string of the molecule is NC(=O)C1COCCN1C(=O)c1ccc(N)c(Br)c1. The van der Waals surface area contributed by atoms with Gasteiger partial charge in [-0.2, -0.15) is 0 Å². The number of nitrogens with zero attached hydrogens (tertiary/aromatic N) is 1. The van der Waals surface area contributed by atoms with Gasteiger partial charge in [-0.25, -0.2) is 0 Å². The molecule has 1 unspecified atom stereocenters. The maximum Gasteiger partial charge on any atom is 0.254 e. The van der Waals surface area contributed by atoms with Crippen molar-refractivity contribution in [2.45, 2.75) is 6.04 Å². The highest BCUT2D eigenvalue weighted by molar-refractivity contribution is 9.10. The molecule has 2 amide bonds. The van der Waals surface area contributed by atoms with E-state index in [0.29, 0.717) is 28.9 Å². The largest absolute Gasteiger partial charge is 0.398 e. The van der Waals surface area contributed by atoms with Crippen LogP contribution in [0.15, 0.2) is 22.7 Å². The number of hydrogen-bond acceptors (Lipinski definition) is 4. The molecule has 1 fully saturated rings. The van der Waals surface area contributed by atoms with Gasteiger partial charge < -0.3 is 21.1 Å². The van der Waals surface area contributed by atoms with Gasteiger partial charge in [-0.05, 0) is 34.1 Å². The molecule has 2 rings (SSSR count). The van der Waals surface area contributed by atoms with E-state index in [1.165, 1.54) is 4.90 Å². The van der Waals surface area contributed by atoms with Gasteiger partial charge in [0.15, 0.2) is 0 Å². The first-order valence-electron chi connectivity index (χ1n) is 5.73. The summed E-state index contributed by atoms with van der Waals surface area (Å²) in [5.41, 5.74) is 12.0. The highest BCUT2D eigenvalue weighted by Crippen LogP contribution is 2.22. The number of anilines is 1. The van der Waals surface area contributed by atoms with Crippen LogP contribution >= 0.6 is 15.9 Å². The number of halogens is 1. The lowest BCUT2D eigenvalue weighted by Crippen LogP contribution is -2.54. The number of rotatable bonds is 2. The summed E-state index contributed by atoms with van der Waals surface area (Å²) in [6.45, 7) is 0.872. The zero-order valence-corrected chi connectivity index (χ0v) is 11.7. The van der Waals surface area contributed by atoms with Crippen molar-refractivity contribution in [2.75, 3.05) is 25.5 Å². The molecule has 0 radical (unpaired) electrons. The van der Waals surface area contributed by atoms with E-state index in [0.717, 1.165) is 0 Å². The van der Waals surface area contributed by atoms with Crippen molar-refractivity contribution in [3.8, 4) is 0 Å². The number of primary amides is 1. The van der Waals surface area contributed by atoms with E-state index in [-0.39, 0.29) is 12.5 Å². The van der Waals surface area contributed by atoms with Crippen LogP contribution in [0.25, 0.3) is 0 Å². The van der Waals surface area contributed by atoms with Crippen LogP contribution in [0.3, 0.4) is 0 Å². The van der Waals surface area contributed by atoms with E-state index in [9.17, 15) is 9.59 Å². The van der Waals surface area contributed by atoms with Crippen LogP contribution < -0.4 is 11.5 Å². The standard InChI is InChI=1S/C12H14BrN3O3/c13-8-5-7(1-2-9(8)14)12(18)16-3-4-19-6-10(16)11(15)17/h1-2,5,10H,3-4,6,14H2,(H2,15,17). The molecule has 1 heterocycles. The van der Waals surface area contributed by atoms with Crippen LogP contribution in [0, 0.1) is 0 Å². The average Bonchev–Trinajstić information content (AvgIpc) is 2.41. The second-order valence-corrected chi connectivity index (χ2v) is 5.08. The molecule has 6 nitrogen and oxygen atoms in total. The number of amides is 2. The molecule has 1 saturated heterocycles. The molecular formula is C12H14BrN3O3. The first kappa shape index (κ1) is 13.8. The summed E-state index contributed by atoms with van der Waals surface area (Å²) in [4.78, 5) is 25.2. The van der Waals surface area contributed by atoms with Gasteiger partial charge in [0.05, 0.1) is 13.2 Å². The summed E-state index contributed by atoms with van der Waals surface area (Å²) in [6.07, 6.45) is 0. The van der Waals surface area contributed by atoms with Crippen molar-refractivity contribution in [2.24, 2.45) is 5.73 Å². The van der Waals surface area contributed by atoms with Gasteiger partial charge in [-0.1, -0.05) is 0 Å². The normalized spacial score (nSPS) is 19.2. The Hall–Kier alpha value is -1.60. The molecule has 4 N–H and O–H groups in total. The minimum absolute atomic E-state index is 0.136. The Kier molecular flexibility index (Phi) is 4.06. The predicted molar refractivity (Wildman–Crippen MR) is 73.4 cm³/mol.